The number of aromatic nitrogens is 2. The molecule has 6 aromatic rings. The maximum Gasteiger partial charge on any atom is 0.335 e. The summed E-state index contributed by atoms with van der Waals surface area (Å²) in [5, 5.41) is 21.9. The SMILES string of the molecule is CONC(=O)c1cc(Nc2ccccc2)cc(-c2ccnc(NC(=O)C3CCOCC3)c2)c1.O=C(O)c1cc(Nc2ccccc2)cc(-c2ccnc(NC(=O)C3CCOCC3)c2)c1. The maximum atomic E-state index is 12.6. The Labute approximate surface area is 370 Å². The molecule has 2 aliphatic heterocycles. The quantitative estimate of drug-likeness (QED) is 0.0604. The molecule has 4 aromatic carbocycles. The third-order valence-electron chi connectivity index (χ3n) is 10.6. The van der Waals surface area contributed by atoms with Crippen LogP contribution in [0.1, 0.15) is 46.4 Å². The topological polar surface area (TPSA) is 202 Å². The molecule has 0 unspecified atom stereocenters. The second kappa shape index (κ2) is 22.1. The number of pyridine rings is 2. The molecule has 3 amide bonds. The number of hydrogen-bond acceptors (Lipinski definition) is 11. The predicted molar refractivity (Wildman–Crippen MR) is 245 cm³/mol. The highest BCUT2D eigenvalue weighted by Gasteiger charge is 2.23. The molecule has 2 fully saturated rings. The van der Waals surface area contributed by atoms with E-state index in [2.05, 4.69) is 36.7 Å². The molecule has 2 saturated heterocycles. The van der Waals surface area contributed by atoms with Gasteiger partial charge in [0.2, 0.25) is 11.8 Å². The Balaban J connectivity index is 0.000000192. The number of carboxylic acid groups (broad SMARTS) is 1. The highest BCUT2D eigenvalue weighted by molar-refractivity contribution is 5.97. The van der Waals surface area contributed by atoms with Gasteiger partial charge in [0, 0.05) is 79.0 Å². The van der Waals surface area contributed by atoms with Gasteiger partial charge in [-0.15, -0.1) is 0 Å². The molecule has 2 aliphatic rings. The van der Waals surface area contributed by atoms with Crippen molar-refractivity contribution in [1.29, 1.82) is 0 Å². The molecule has 328 valence electrons. The monoisotopic (exact) mass is 863 g/mol. The summed E-state index contributed by atoms with van der Waals surface area (Å²) in [6.07, 6.45) is 6.04. The smallest absolute Gasteiger partial charge is 0.335 e. The van der Waals surface area contributed by atoms with Crippen molar-refractivity contribution in [3.05, 3.63) is 145 Å². The Morgan fingerprint density at radius 3 is 1.42 bits per heavy atom. The van der Waals surface area contributed by atoms with Gasteiger partial charge in [-0.05, 0) is 133 Å². The summed E-state index contributed by atoms with van der Waals surface area (Å²) in [5.41, 5.74) is 9.18. The normalized spacial score (nSPS) is 14.0. The van der Waals surface area contributed by atoms with Gasteiger partial charge in [-0.1, -0.05) is 36.4 Å². The first-order chi connectivity index (χ1) is 31.2. The van der Waals surface area contributed by atoms with Crippen LogP contribution in [0.2, 0.25) is 0 Å². The van der Waals surface area contributed by atoms with Gasteiger partial charge in [-0.3, -0.25) is 19.2 Å². The molecular formula is C49H49N7O8. The molecule has 0 atom stereocenters. The number of amides is 3. The molecule has 4 heterocycles. The summed E-state index contributed by atoms with van der Waals surface area (Å²) in [6.45, 7) is 2.37. The number of aromatic carboxylic acids is 1. The van der Waals surface area contributed by atoms with Crippen molar-refractivity contribution in [2.75, 3.05) is 54.8 Å². The van der Waals surface area contributed by atoms with E-state index < -0.39 is 5.97 Å². The van der Waals surface area contributed by atoms with E-state index in [1.807, 2.05) is 78.9 Å². The minimum atomic E-state index is -1.01. The average Bonchev–Trinajstić information content (AvgIpc) is 3.33. The van der Waals surface area contributed by atoms with E-state index in [1.54, 1.807) is 54.9 Å². The number of rotatable bonds is 13. The number of anilines is 6. The summed E-state index contributed by atoms with van der Waals surface area (Å²) >= 11 is 0. The predicted octanol–water partition coefficient (Wildman–Crippen LogP) is 8.70. The number of nitrogens with zero attached hydrogens (tertiary/aromatic N) is 2. The number of hydroxylamine groups is 1. The van der Waals surface area contributed by atoms with Gasteiger partial charge in [0.1, 0.15) is 11.6 Å². The van der Waals surface area contributed by atoms with Crippen molar-refractivity contribution < 1.29 is 38.6 Å². The first-order valence-electron chi connectivity index (χ1n) is 20.9. The van der Waals surface area contributed by atoms with E-state index in [9.17, 15) is 24.3 Å². The van der Waals surface area contributed by atoms with Gasteiger partial charge >= 0.3 is 5.97 Å². The van der Waals surface area contributed by atoms with Gasteiger partial charge in [-0.2, -0.15) is 0 Å². The van der Waals surface area contributed by atoms with Crippen LogP contribution in [-0.4, -0.2) is 72.3 Å². The van der Waals surface area contributed by atoms with Gasteiger partial charge in [0.05, 0.1) is 12.7 Å². The number of hydrogen-bond donors (Lipinski definition) is 6. The number of para-hydroxylation sites is 2. The van der Waals surface area contributed by atoms with Crippen LogP contribution < -0.4 is 26.7 Å². The molecule has 0 saturated carbocycles. The number of ether oxygens (including phenoxy) is 2. The van der Waals surface area contributed by atoms with Gasteiger partial charge in [-0.25, -0.2) is 20.2 Å². The van der Waals surface area contributed by atoms with Gasteiger partial charge < -0.3 is 35.8 Å². The van der Waals surface area contributed by atoms with Crippen molar-refractivity contribution in [2.24, 2.45) is 11.8 Å². The van der Waals surface area contributed by atoms with E-state index >= 15 is 0 Å². The Morgan fingerprint density at radius 2 is 0.984 bits per heavy atom. The van der Waals surface area contributed by atoms with Crippen LogP contribution in [0.5, 0.6) is 0 Å². The lowest BCUT2D eigenvalue weighted by molar-refractivity contribution is -0.123. The highest BCUT2D eigenvalue weighted by atomic mass is 16.6. The van der Waals surface area contributed by atoms with E-state index in [-0.39, 0.29) is 35.1 Å². The summed E-state index contributed by atoms with van der Waals surface area (Å²) in [6, 6.07) is 36.9. The van der Waals surface area contributed by atoms with Crippen LogP contribution in [0, 0.1) is 11.8 Å². The third-order valence-corrected chi connectivity index (χ3v) is 10.6. The fraction of sp³-hybridized carbons (Fsp3) is 0.224. The minimum Gasteiger partial charge on any atom is -0.478 e. The molecule has 2 aromatic heterocycles. The molecule has 6 N–H and O–H groups in total. The van der Waals surface area contributed by atoms with Gasteiger partial charge in [0.25, 0.3) is 5.91 Å². The average molecular weight is 864 g/mol. The number of carboxylic acids is 1. The van der Waals surface area contributed by atoms with E-state index in [1.165, 1.54) is 7.11 Å². The second-order valence-corrected chi connectivity index (χ2v) is 15.1. The van der Waals surface area contributed by atoms with Gasteiger partial charge in [0.15, 0.2) is 0 Å². The van der Waals surface area contributed by atoms with Crippen molar-refractivity contribution >= 4 is 58.1 Å². The fourth-order valence-electron chi connectivity index (χ4n) is 7.25. The number of carbonyl (C=O) groups is 4. The number of benzene rings is 4. The summed E-state index contributed by atoms with van der Waals surface area (Å²) < 4.78 is 10.6. The minimum absolute atomic E-state index is 0.0531. The molecule has 0 radical (unpaired) electrons. The summed E-state index contributed by atoms with van der Waals surface area (Å²) in [4.78, 5) is 62.6. The van der Waals surface area contributed by atoms with E-state index in [0.29, 0.717) is 80.6 Å². The zero-order valence-corrected chi connectivity index (χ0v) is 35.2. The molecule has 0 spiro atoms. The Bertz CT molecular complexity index is 2550. The van der Waals surface area contributed by atoms with Crippen molar-refractivity contribution in [3.8, 4) is 22.3 Å². The summed E-state index contributed by atoms with van der Waals surface area (Å²) in [5.74, 6) is -0.761. The molecule has 64 heavy (non-hydrogen) atoms. The van der Waals surface area contributed by atoms with Crippen LogP contribution in [0.25, 0.3) is 22.3 Å². The standard InChI is InChI=1S/C25H26N4O4.C24H23N3O4/c1-32-29-25(31)20-13-19(14-22(15-20)27-21-5-3-2-4-6-21)18-7-10-26-23(16-18)28-24(30)17-8-11-33-12-9-17;28-23(16-7-10-31-11-8-16)27-22-15-17(6-9-25-22)18-12-19(24(29)30)14-21(13-18)26-20-4-2-1-3-5-20/h2-7,10,13-17,27H,8-9,11-12H2,1H3,(H,29,31)(H,26,28,30);1-6,9,12-16,26H,7-8,10-11H2,(H,29,30)(H,25,27,28). The molecule has 15 heteroatoms. The highest BCUT2D eigenvalue weighted by Crippen LogP contribution is 2.30. The van der Waals surface area contributed by atoms with E-state index in [0.717, 1.165) is 33.8 Å². The maximum absolute atomic E-state index is 12.6. The van der Waals surface area contributed by atoms with E-state index in [4.69, 9.17) is 14.3 Å². The van der Waals surface area contributed by atoms with Crippen LogP contribution >= 0.6 is 0 Å². The van der Waals surface area contributed by atoms with Crippen LogP contribution in [0.15, 0.2) is 134 Å². The Kier molecular flexibility index (Phi) is 15.4. The first kappa shape index (κ1) is 44.6. The molecule has 0 aliphatic carbocycles. The zero-order chi connectivity index (χ0) is 44.7. The van der Waals surface area contributed by atoms with Crippen LogP contribution in [0.3, 0.4) is 0 Å². The van der Waals surface area contributed by atoms with Crippen molar-refractivity contribution in [1.82, 2.24) is 15.4 Å². The number of carbonyl (C=O) groups excluding carboxylic acids is 3. The lowest BCUT2D eigenvalue weighted by Crippen LogP contribution is -2.28. The molecular weight excluding hydrogens is 815 g/mol. The van der Waals surface area contributed by atoms with Crippen LogP contribution in [0.4, 0.5) is 34.4 Å². The number of nitrogens with one attached hydrogen (secondary N) is 5. The lowest BCUT2D eigenvalue weighted by Gasteiger charge is -2.21. The molecule has 15 nitrogen and oxygen atoms in total. The largest absolute Gasteiger partial charge is 0.478 e. The zero-order valence-electron chi connectivity index (χ0n) is 35.2. The first-order valence-corrected chi connectivity index (χ1v) is 20.9. The fourth-order valence-corrected chi connectivity index (χ4v) is 7.25. The van der Waals surface area contributed by atoms with Crippen LogP contribution in [-0.2, 0) is 23.9 Å². The van der Waals surface area contributed by atoms with Crippen molar-refractivity contribution in [3.63, 3.8) is 0 Å². The lowest BCUT2D eigenvalue weighted by atomic mass is 9.99. The molecule has 8 rings (SSSR count). The second-order valence-electron chi connectivity index (χ2n) is 15.1. The molecule has 0 bridgehead atoms. The Morgan fingerprint density at radius 1 is 0.547 bits per heavy atom. The summed E-state index contributed by atoms with van der Waals surface area (Å²) in [7, 11) is 1.39. The third kappa shape index (κ3) is 12.6. The van der Waals surface area contributed by atoms with Crippen molar-refractivity contribution in [2.45, 2.75) is 25.7 Å². The Hall–Kier alpha value is -7.46.